The van der Waals surface area contributed by atoms with Crippen molar-refractivity contribution in [3.63, 3.8) is 0 Å². The Balaban J connectivity index is 2.08. The van der Waals surface area contributed by atoms with E-state index in [0.29, 0.717) is 12.1 Å². The van der Waals surface area contributed by atoms with E-state index in [1.165, 1.54) is 6.07 Å². The molecule has 1 fully saturated rings. The molecule has 0 aliphatic carbocycles. The van der Waals surface area contributed by atoms with Crippen LogP contribution in [0.2, 0.25) is 0 Å². The van der Waals surface area contributed by atoms with Crippen molar-refractivity contribution in [2.75, 3.05) is 44.2 Å². The first-order valence-corrected chi connectivity index (χ1v) is 6.62. The summed E-state index contributed by atoms with van der Waals surface area (Å²) in [5.41, 5.74) is 1.18. The molecule has 20 heavy (non-hydrogen) atoms. The highest BCUT2D eigenvalue weighted by Crippen LogP contribution is 2.25. The molecule has 0 spiro atoms. The van der Waals surface area contributed by atoms with E-state index in [1.54, 1.807) is 12.1 Å². The van der Waals surface area contributed by atoms with E-state index >= 15 is 0 Å². The number of aliphatic hydroxyl groups is 2. The Morgan fingerprint density at radius 1 is 1.20 bits per heavy atom. The van der Waals surface area contributed by atoms with Crippen LogP contribution < -0.4 is 4.90 Å². The van der Waals surface area contributed by atoms with Crippen molar-refractivity contribution in [2.45, 2.75) is 6.61 Å². The monoisotopic (exact) mass is 281 g/mol. The van der Waals surface area contributed by atoms with Gasteiger partial charge in [0.15, 0.2) is 0 Å². The first kappa shape index (κ1) is 14.7. The van der Waals surface area contributed by atoms with Crippen LogP contribution in [0, 0.1) is 10.1 Å². The van der Waals surface area contributed by atoms with Gasteiger partial charge in [0.25, 0.3) is 5.69 Å². The van der Waals surface area contributed by atoms with Crippen LogP contribution in [0.1, 0.15) is 5.56 Å². The molecule has 0 amide bonds. The van der Waals surface area contributed by atoms with Gasteiger partial charge in [0, 0.05) is 44.5 Å². The van der Waals surface area contributed by atoms with Gasteiger partial charge in [-0.3, -0.25) is 15.0 Å². The van der Waals surface area contributed by atoms with E-state index in [0.717, 1.165) is 31.9 Å². The molecule has 0 bridgehead atoms. The number of benzene rings is 1. The van der Waals surface area contributed by atoms with Gasteiger partial charge >= 0.3 is 0 Å². The number of anilines is 1. The van der Waals surface area contributed by atoms with Crippen LogP contribution >= 0.6 is 0 Å². The molecule has 0 atom stereocenters. The second-order valence-corrected chi connectivity index (χ2v) is 4.78. The summed E-state index contributed by atoms with van der Waals surface area (Å²) in [7, 11) is 0. The van der Waals surface area contributed by atoms with Gasteiger partial charge in [-0.25, -0.2) is 0 Å². The molecule has 2 rings (SSSR count). The van der Waals surface area contributed by atoms with E-state index in [2.05, 4.69) is 9.80 Å². The average Bonchev–Trinajstić information content (AvgIpc) is 2.47. The van der Waals surface area contributed by atoms with E-state index in [4.69, 9.17) is 5.11 Å². The molecule has 1 aliphatic heterocycles. The maximum Gasteiger partial charge on any atom is 0.275 e. The third-order valence-corrected chi connectivity index (χ3v) is 3.58. The molecule has 110 valence electrons. The molecule has 1 saturated heterocycles. The van der Waals surface area contributed by atoms with Gasteiger partial charge in [-0.15, -0.1) is 0 Å². The number of nitro benzene ring substituents is 1. The van der Waals surface area contributed by atoms with Gasteiger partial charge in [-0.05, 0) is 12.1 Å². The normalized spacial score (nSPS) is 16.4. The standard InChI is InChI=1S/C13H19N3O4/c17-8-7-14-3-5-15(6-4-14)12-1-2-13(16(19)20)11(9-12)10-18/h1-2,9,17-18H,3-8,10H2. The van der Waals surface area contributed by atoms with E-state index < -0.39 is 4.92 Å². The van der Waals surface area contributed by atoms with E-state index in [1.807, 2.05) is 0 Å². The number of rotatable bonds is 5. The van der Waals surface area contributed by atoms with Gasteiger partial charge in [-0.1, -0.05) is 0 Å². The summed E-state index contributed by atoms with van der Waals surface area (Å²) in [5, 5.41) is 29.0. The van der Waals surface area contributed by atoms with Crippen molar-refractivity contribution in [2.24, 2.45) is 0 Å². The maximum absolute atomic E-state index is 10.8. The lowest BCUT2D eigenvalue weighted by molar-refractivity contribution is -0.385. The Morgan fingerprint density at radius 3 is 2.45 bits per heavy atom. The molecule has 1 aromatic rings. The van der Waals surface area contributed by atoms with Crippen LogP contribution in [-0.4, -0.2) is 59.4 Å². The lowest BCUT2D eigenvalue weighted by Gasteiger charge is -2.35. The van der Waals surface area contributed by atoms with Gasteiger partial charge < -0.3 is 15.1 Å². The zero-order chi connectivity index (χ0) is 14.5. The van der Waals surface area contributed by atoms with Crippen LogP contribution in [0.3, 0.4) is 0 Å². The maximum atomic E-state index is 10.8. The summed E-state index contributed by atoms with van der Waals surface area (Å²) in [4.78, 5) is 14.7. The average molecular weight is 281 g/mol. The zero-order valence-corrected chi connectivity index (χ0v) is 11.2. The second-order valence-electron chi connectivity index (χ2n) is 4.78. The summed E-state index contributed by atoms with van der Waals surface area (Å²) < 4.78 is 0. The minimum absolute atomic E-state index is 0.0461. The van der Waals surface area contributed by atoms with E-state index in [-0.39, 0.29) is 18.9 Å². The van der Waals surface area contributed by atoms with Crippen molar-refractivity contribution < 1.29 is 15.1 Å². The number of nitro groups is 1. The van der Waals surface area contributed by atoms with Gasteiger partial charge in [-0.2, -0.15) is 0 Å². The molecule has 0 aromatic heterocycles. The van der Waals surface area contributed by atoms with Crippen molar-refractivity contribution in [3.8, 4) is 0 Å². The van der Waals surface area contributed by atoms with Crippen LogP contribution in [-0.2, 0) is 6.61 Å². The largest absolute Gasteiger partial charge is 0.395 e. The smallest absolute Gasteiger partial charge is 0.275 e. The van der Waals surface area contributed by atoms with Crippen molar-refractivity contribution in [1.82, 2.24) is 4.90 Å². The van der Waals surface area contributed by atoms with Crippen molar-refractivity contribution >= 4 is 11.4 Å². The summed E-state index contributed by atoms with van der Waals surface area (Å²) in [6, 6.07) is 4.85. The number of hydrogen-bond acceptors (Lipinski definition) is 6. The molecule has 1 aromatic carbocycles. The molecule has 7 heteroatoms. The van der Waals surface area contributed by atoms with Crippen molar-refractivity contribution in [1.29, 1.82) is 0 Å². The number of β-amino-alcohol motifs (C(OH)–C–C–N with tert-alkyl or cyclic N) is 1. The van der Waals surface area contributed by atoms with Crippen LogP contribution in [0.5, 0.6) is 0 Å². The lowest BCUT2D eigenvalue weighted by atomic mass is 10.1. The first-order valence-electron chi connectivity index (χ1n) is 6.62. The Bertz CT molecular complexity index is 473. The fourth-order valence-corrected chi connectivity index (χ4v) is 2.44. The highest BCUT2D eigenvalue weighted by atomic mass is 16.6. The quantitative estimate of drug-likeness (QED) is 0.592. The van der Waals surface area contributed by atoms with Gasteiger partial charge in [0.1, 0.15) is 0 Å². The Hall–Kier alpha value is -1.70. The number of piperazine rings is 1. The summed E-state index contributed by atoms with van der Waals surface area (Å²) in [6.45, 7) is 3.82. The molecular formula is C13H19N3O4. The Kier molecular flexibility index (Phi) is 4.89. The molecule has 0 radical (unpaired) electrons. The Labute approximate surface area is 117 Å². The fraction of sp³-hybridized carbons (Fsp3) is 0.538. The number of hydrogen-bond donors (Lipinski definition) is 2. The summed E-state index contributed by atoms with van der Waals surface area (Å²) >= 11 is 0. The SMILES string of the molecule is O=[N+]([O-])c1ccc(N2CCN(CCO)CC2)cc1CO. The lowest BCUT2D eigenvalue weighted by Crippen LogP contribution is -2.47. The van der Waals surface area contributed by atoms with Gasteiger partial charge in [0.2, 0.25) is 0 Å². The van der Waals surface area contributed by atoms with Gasteiger partial charge in [0.05, 0.1) is 23.7 Å². The third kappa shape index (κ3) is 3.24. The van der Waals surface area contributed by atoms with Crippen LogP contribution in [0.15, 0.2) is 18.2 Å². The first-order chi connectivity index (χ1) is 9.65. The van der Waals surface area contributed by atoms with E-state index in [9.17, 15) is 15.2 Å². The second kappa shape index (κ2) is 6.65. The molecule has 0 unspecified atom stereocenters. The minimum atomic E-state index is -0.478. The molecule has 1 heterocycles. The van der Waals surface area contributed by atoms with Crippen LogP contribution in [0.25, 0.3) is 0 Å². The predicted molar refractivity (Wildman–Crippen MR) is 74.8 cm³/mol. The molecule has 1 aliphatic rings. The molecule has 7 nitrogen and oxygen atoms in total. The highest BCUT2D eigenvalue weighted by Gasteiger charge is 2.19. The minimum Gasteiger partial charge on any atom is -0.395 e. The predicted octanol–water partition coefficient (Wildman–Crippen LogP) is 0.201. The summed E-state index contributed by atoms with van der Waals surface area (Å²) in [5.74, 6) is 0. The van der Waals surface area contributed by atoms with Crippen molar-refractivity contribution in [3.05, 3.63) is 33.9 Å². The summed E-state index contributed by atoms with van der Waals surface area (Å²) in [6.07, 6.45) is 0. The zero-order valence-electron chi connectivity index (χ0n) is 11.2. The number of nitrogens with zero attached hydrogens (tertiary/aromatic N) is 3. The number of aliphatic hydroxyl groups excluding tert-OH is 2. The Morgan fingerprint density at radius 2 is 1.90 bits per heavy atom. The topological polar surface area (TPSA) is 90.1 Å². The molecular weight excluding hydrogens is 262 g/mol. The highest BCUT2D eigenvalue weighted by molar-refractivity contribution is 5.55. The molecule has 2 N–H and O–H groups in total. The third-order valence-electron chi connectivity index (χ3n) is 3.58. The molecule has 0 saturated carbocycles. The van der Waals surface area contributed by atoms with Crippen LogP contribution in [0.4, 0.5) is 11.4 Å². The fourth-order valence-electron chi connectivity index (χ4n) is 2.44.